The van der Waals surface area contributed by atoms with Crippen LogP contribution in [0.3, 0.4) is 0 Å². The van der Waals surface area contributed by atoms with Gasteiger partial charge in [0.15, 0.2) is 9.84 Å². The summed E-state index contributed by atoms with van der Waals surface area (Å²) in [5.74, 6) is -0.831. The van der Waals surface area contributed by atoms with Gasteiger partial charge in [-0.3, -0.25) is 4.79 Å². The maximum atomic E-state index is 11.8. The summed E-state index contributed by atoms with van der Waals surface area (Å²) in [6.07, 6.45) is 0.735. The van der Waals surface area contributed by atoms with Crippen molar-refractivity contribution in [3.63, 3.8) is 0 Å². The van der Waals surface area contributed by atoms with E-state index in [2.05, 4.69) is 10.6 Å². The van der Waals surface area contributed by atoms with Crippen LogP contribution in [0.25, 0.3) is 0 Å². The van der Waals surface area contributed by atoms with Gasteiger partial charge in [0.25, 0.3) is 0 Å². The second-order valence-electron chi connectivity index (χ2n) is 4.44. The Balaban J connectivity index is 4.32. The van der Waals surface area contributed by atoms with E-state index in [1.54, 1.807) is 13.8 Å². The Morgan fingerprint density at radius 3 is 2.24 bits per heavy atom. The second-order valence-corrected chi connectivity index (χ2v) is 6.55. The van der Waals surface area contributed by atoms with Gasteiger partial charge in [-0.1, -0.05) is 13.8 Å². The quantitative estimate of drug-likeness (QED) is 0.662. The van der Waals surface area contributed by atoms with Gasteiger partial charge in [0.05, 0.1) is 5.75 Å². The lowest BCUT2D eigenvalue weighted by atomic mass is 10.2. The summed E-state index contributed by atoms with van der Waals surface area (Å²) in [5, 5.41) is 5.68. The SMILES string of the molecule is CCNC(CC)CS(=O)(=O)CC(=O)NC(C)C. The first-order valence-corrected chi connectivity index (χ1v) is 7.86. The maximum Gasteiger partial charge on any atom is 0.235 e. The smallest absolute Gasteiger partial charge is 0.235 e. The van der Waals surface area contributed by atoms with Crippen molar-refractivity contribution in [2.75, 3.05) is 18.1 Å². The fourth-order valence-electron chi connectivity index (χ4n) is 1.54. The Morgan fingerprint density at radius 2 is 1.82 bits per heavy atom. The highest BCUT2D eigenvalue weighted by Crippen LogP contribution is 1.99. The molecular formula is C11H24N2O3S. The van der Waals surface area contributed by atoms with Crippen molar-refractivity contribution in [2.45, 2.75) is 46.2 Å². The van der Waals surface area contributed by atoms with Gasteiger partial charge in [-0.25, -0.2) is 8.42 Å². The van der Waals surface area contributed by atoms with E-state index in [1.807, 2.05) is 13.8 Å². The van der Waals surface area contributed by atoms with E-state index in [1.165, 1.54) is 0 Å². The van der Waals surface area contributed by atoms with Gasteiger partial charge in [0.1, 0.15) is 5.75 Å². The zero-order valence-corrected chi connectivity index (χ0v) is 11.9. The highest BCUT2D eigenvalue weighted by Gasteiger charge is 2.21. The second kappa shape index (κ2) is 7.66. The van der Waals surface area contributed by atoms with Gasteiger partial charge in [-0.15, -0.1) is 0 Å². The molecule has 0 spiro atoms. The van der Waals surface area contributed by atoms with Crippen LogP contribution in [0.4, 0.5) is 0 Å². The van der Waals surface area contributed by atoms with E-state index in [0.29, 0.717) is 0 Å². The number of hydrogen-bond acceptors (Lipinski definition) is 4. The number of rotatable bonds is 8. The van der Waals surface area contributed by atoms with Crippen LogP contribution in [0.5, 0.6) is 0 Å². The third-order valence-corrected chi connectivity index (χ3v) is 3.85. The first-order chi connectivity index (χ1) is 7.80. The first-order valence-electron chi connectivity index (χ1n) is 6.03. The van der Waals surface area contributed by atoms with E-state index >= 15 is 0 Å². The van der Waals surface area contributed by atoms with Crippen molar-refractivity contribution in [3.05, 3.63) is 0 Å². The third-order valence-electron chi connectivity index (χ3n) is 2.24. The van der Waals surface area contributed by atoms with Gasteiger partial charge < -0.3 is 10.6 Å². The molecule has 6 heteroatoms. The summed E-state index contributed by atoms with van der Waals surface area (Å²) in [6.45, 7) is 8.19. The van der Waals surface area contributed by atoms with Crippen LogP contribution in [0.15, 0.2) is 0 Å². The minimum atomic E-state index is -3.33. The number of carbonyl (C=O) groups is 1. The van der Waals surface area contributed by atoms with Crippen LogP contribution in [-0.4, -0.2) is 44.5 Å². The lowest BCUT2D eigenvalue weighted by Crippen LogP contribution is -2.40. The molecule has 0 fully saturated rings. The summed E-state index contributed by atoms with van der Waals surface area (Å²) < 4.78 is 23.5. The molecule has 0 aromatic heterocycles. The van der Waals surface area contributed by atoms with Crippen LogP contribution in [0, 0.1) is 0 Å². The predicted octanol–water partition coefficient (Wildman–Crippen LogP) is 0.314. The summed E-state index contributed by atoms with van der Waals surface area (Å²) in [6, 6.07) is -0.106. The molecule has 1 amide bonds. The molecule has 1 unspecified atom stereocenters. The average Bonchev–Trinajstić information content (AvgIpc) is 2.14. The molecule has 0 rings (SSSR count). The molecule has 1 atom stereocenters. The van der Waals surface area contributed by atoms with Crippen molar-refractivity contribution in [3.8, 4) is 0 Å². The summed E-state index contributed by atoms with van der Waals surface area (Å²) in [7, 11) is -3.33. The Labute approximate surface area is 104 Å². The largest absolute Gasteiger partial charge is 0.353 e. The van der Waals surface area contributed by atoms with Crippen LogP contribution >= 0.6 is 0 Å². The lowest BCUT2D eigenvalue weighted by molar-refractivity contribution is -0.119. The van der Waals surface area contributed by atoms with Crippen molar-refractivity contribution in [2.24, 2.45) is 0 Å². The van der Waals surface area contributed by atoms with Gasteiger partial charge in [0, 0.05) is 12.1 Å². The van der Waals surface area contributed by atoms with E-state index in [0.717, 1.165) is 13.0 Å². The molecule has 0 aromatic carbocycles. The molecule has 0 saturated carbocycles. The first kappa shape index (κ1) is 16.4. The molecule has 2 N–H and O–H groups in total. The third kappa shape index (κ3) is 8.15. The van der Waals surface area contributed by atoms with Crippen LogP contribution in [-0.2, 0) is 14.6 Å². The monoisotopic (exact) mass is 264 g/mol. The molecule has 0 bridgehead atoms. The minimum absolute atomic E-state index is 0.0167. The summed E-state index contributed by atoms with van der Waals surface area (Å²) >= 11 is 0. The van der Waals surface area contributed by atoms with Crippen molar-refractivity contribution >= 4 is 15.7 Å². The number of carbonyl (C=O) groups excluding carboxylic acids is 1. The van der Waals surface area contributed by atoms with Gasteiger partial charge in [0.2, 0.25) is 5.91 Å². The Kier molecular flexibility index (Phi) is 7.38. The van der Waals surface area contributed by atoms with E-state index in [4.69, 9.17) is 0 Å². The molecule has 0 saturated heterocycles. The molecule has 102 valence electrons. The molecule has 0 aliphatic carbocycles. The lowest BCUT2D eigenvalue weighted by Gasteiger charge is -2.16. The number of nitrogens with one attached hydrogen (secondary N) is 2. The summed E-state index contributed by atoms with van der Waals surface area (Å²) in [4.78, 5) is 11.4. The van der Waals surface area contributed by atoms with E-state index in [9.17, 15) is 13.2 Å². The average molecular weight is 264 g/mol. The van der Waals surface area contributed by atoms with E-state index < -0.39 is 21.5 Å². The minimum Gasteiger partial charge on any atom is -0.353 e. The van der Waals surface area contributed by atoms with Crippen LogP contribution in [0.2, 0.25) is 0 Å². The van der Waals surface area contributed by atoms with E-state index in [-0.39, 0.29) is 17.8 Å². The van der Waals surface area contributed by atoms with Gasteiger partial charge in [-0.2, -0.15) is 0 Å². The molecule has 0 heterocycles. The van der Waals surface area contributed by atoms with Gasteiger partial charge >= 0.3 is 0 Å². The predicted molar refractivity (Wildman–Crippen MR) is 69.7 cm³/mol. The zero-order valence-electron chi connectivity index (χ0n) is 11.1. The van der Waals surface area contributed by atoms with Crippen molar-refractivity contribution in [1.82, 2.24) is 10.6 Å². The highest BCUT2D eigenvalue weighted by atomic mass is 32.2. The molecular weight excluding hydrogens is 240 g/mol. The Hall–Kier alpha value is -0.620. The number of amides is 1. The molecule has 5 nitrogen and oxygen atoms in total. The van der Waals surface area contributed by atoms with Gasteiger partial charge in [-0.05, 0) is 26.8 Å². The molecule has 0 aliphatic rings. The number of sulfone groups is 1. The summed E-state index contributed by atoms with van der Waals surface area (Å²) in [5.41, 5.74) is 0. The molecule has 0 radical (unpaired) electrons. The normalized spacial score (nSPS) is 13.7. The Morgan fingerprint density at radius 1 is 1.24 bits per heavy atom. The highest BCUT2D eigenvalue weighted by molar-refractivity contribution is 7.92. The van der Waals surface area contributed by atoms with Crippen molar-refractivity contribution in [1.29, 1.82) is 0 Å². The van der Waals surface area contributed by atoms with Crippen molar-refractivity contribution < 1.29 is 13.2 Å². The molecule has 0 aliphatic heterocycles. The fraction of sp³-hybridized carbons (Fsp3) is 0.909. The molecule has 17 heavy (non-hydrogen) atoms. The van der Waals surface area contributed by atoms with Crippen LogP contribution < -0.4 is 10.6 Å². The van der Waals surface area contributed by atoms with Crippen LogP contribution in [0.1, 0.15) is 34.1 Å². The standard InChI is InChI=1S/C11H24N2O3S/c1-5-10(12-6-2)7-17(15,16)8-11(14)13-9(3)4/h9-10,12H,5-8H2,1-4H3,(H,13,14). The Bertz CT molecular complexity index is 326. The number of hydrogen-bond donors (Lipinski definition) is 2. The fourth-order valence-corrected chi connectivity index (χ4v) is 3.11. The topological polar surface area (TPSA) is 75.3 Å². The zero-order chi connectivity index (χ0) is 13.5. The molecule has 0 aromatic rings. The maximum absolute atomic E-state index is 11.8.